The summed E-state index contributed by atoms with van der Waals surface area (Å²) in [6.07, 6.45) is 0. The first-order chi connectivity index (χ1) is 8.51. The predicted octanol–water partition coefficient (Wildman–Crippen LogP) is -0.509. The molecule has 0 unspecified atom stereocenters. The zero-order valence-electron chi connectivity index (χ0n) is 8.72. The molecule has 2 N–H and O–H groups in total. The van der Waals surface area contributed by atoms with Crippen molar-refractivity contribution in [2.24, 2.45) is 0 Å². The van der Waals surface area contributed by atoms with Crippen LogP contribution in [0, 0.1) is 0 Å². The van der Waals surface area contributed by atoms with E-state index in [1.807, 2.05) is 0 Å². The zero-order chi connectivity index (χ0) is 14.6. The van der Waals surface area contributed by atoms with Crippen molar-refractivity contribution in [1.29, 1.82) is 0 Å². The second kappa shape index (κ2) is 3.84. The fraction of sp³-hybridized carbons (Fsp3) is 0. The van der Waals surface area contributed by atoms with Gasteiger partial charge in [-0.25, -0.2) is 9.59 Å². The highest BCUT2D eigenvalue weighted by Crippen LogP contribution is 2.29. The van der Waals surface area contributed by atoms with Crippen LogP contribution in [0.5, 0.6) is 0 Å². The van der Waals surface area contributed by atoms with Crippen molar-refractivity contribution in [3.8, 4) is 0 Å². The van der Waals surface area contributed by atoms with Crippen LogP contribution >= 0.6 is 0 Å². The van der Waals surface area contributed by atoms with Gasteiger partial charge in [0.1, 0.15) is 9.79 Å². The van der Waals surface area contributed by atoms with Gasteiger partial charge in [-0.05, 0) is 12.1 Å². The van der Waals surface area contributed by atoms with Crippen LogP contribution < -0.4 is 0 Å². The van der Waals surface area contributed by atoms with Gasteiger partial charge in [0, 0.05) is 0 Å². The summed E-state index contributed by atoms with van der Waals surface area (Å²) in [6, 6.07) is 0.925. The zero-order valence-corrected chi connectivity index (χ0v) is 10.4. The van der Waals surface area contributed by atoms with E-state index in [9.17, 15) is 26.4 Å². The van der Waals surface area contributed by atoms with Crippen LogP contribution in [0.25, 0.3) is 0 Å². The molecule has 0 spiro atoms. The first-order valence-corrected chi connectivity index (χ1v) is 7.29. The van der Waals surface area contributed by atoms with Gasteiger partial charge in [0.05, 0.1) is 11.1 Å². The van der Waals surface area contributed by atoms with Crippen LogP contribution in [0.1, 0.15) is 20.7 Å². The maximum atomic E-state index is 11.3. The molecule has 0 saturated carbocycles. The highest BCUT2D eigenvalue weighted by Gasteiger charge is 2.35. The lowest BCUT2D eigenvalue weighted by Gasteiger charge is -2.16. The standard InChI is InChI=1S/C8H4O9S2/c9-7-3-1-4(8(10)17-7)6(19(14,15)16)2-5(3)18(11,12)13/h1-2H,(H,11,12,13)(H,14,15,16). The molecule has 0 radical (unpaired) electrons. The molecule has 0 aromatic heterocycles. The Hall–Kier alpha value is -1.82. The smallest absolute Gasteiger partial charge is 0.347 e. The largest absolute Gasteiger partial charge is 0.386 e. The molecule has 1 aliphatic rings. The van der Waals surface area contributed by atoms with Gasteiger partial charge in [0.15, 0.2) is 0 Å². The Labute approximate surface area is 106 Å². The van der Waals surface area contributed by atoms with Gasteiger partial charge in [-0.15, -0.1) is 0 Å². The van der Waals surface area contributed by atoms with E-state index >= 15 is 0 Å². The van der Waals surface area contributed by atoms with Crippen LogP contribution in [0.4, 0.5) is 0 Å². The van der Waals surface area contributed by atoms with Gasteiger partial charge < -0.3 is 4.74 Å². The molecule has 19 heavy (non-hydrogen) atoms. The average Bonchev–Trinajstić information content (AvgIpc) is 2.22. The van der Waals surface area contributed by atoms with E-state index in [1.54, 1.807) is 0 Å². The predicted molar refractivity (Wildman–Crippen MR) is 55.8 cm³/mol. The van der Waals surface area contributed by atoms with Gasteiger partial charge in [-0.2, -0.15) is 16.8 Å². The van der Waals surface area contributed by atoms with Gasteiger partial charge in [-0.1, -0.05) is 0 Å². The summed E-state index contributed by atoms with van der Waals surface area (Å²) >= 11 is 0. The molecule has 0 amide bonds. The molecule has 102 valence electrons. The van der Waals surface area contributed by atoms with Crippen LogP contribution in [0.3, 0.4) is 0 Å². The number of cyclic esters (lactones) is 2. The molecule has 2 rings (SSSR count). The number of esters is 2. The Kier molecular flexibility index (Phi) is 2.75. The first-order valence-electron chi connectivity index (χ1n) is 4.41. The van der Waals surface area contributed by atoms with Crippen molar-refractivity contribution in [2.75, 3.05) is 0 Å². The Bertz CT molecular complexity index is 751. The summed E-state index contributed by atoms with van der Waals surface area (Å²) in [5.41, 5.74) is -1.41. The number of hydrogen-bond donors (Lipinski definition) is 2. The van der Waals surface area contributed by atoms with Crippen molar-refractivity contribution in [1.82, 2.24) is 0 Å². The number of carbonyl (C=O) groups excluding carboxylic acids is 2. The lowest BCUT2D eigenvalue weighted by molar-refractivity contribution is 0.0376. The molecule has 0 atom stereocenters. The highest BCUT2D eigenvalue weighted by atomic mass is 32.2. The normalized spacial score (nSPS) is 15.3. The minimum atomic E-state index is -4.95. The summed E-state index contributed by atoms with van der Waals surface area (Å²) in [5.74, 6) is -2.71. The third-order valence-corrected chi connectivity index (χ3v) is 4.05. The molecular formula is C8H4O9S2. The number of rotatable bonds is 2. The van der Waals surface area contributed by atoms with Crippen molar-refractivity contribution < 1.29 is 40.3 Å². The second-order valence-electron chi connectivity index (χ2n) is 3.47. The average molecular weight is 308 g/mol. The summed E-state index contributed by atoms with van der Waals surface area (Å²) in [7, 11) is -9.90. The number of carbonyl (C=O) groups is 2. The summed E-state index contributed by atoms with van der Waals surface area (Å²) in [6.45, 7) is 0. The number of hydrogen-bond acceptors (Lipinski definition) is 7. The highest BCUT2D eigenvalue weighted by molar-refractivity contribution is 7.86. The van der Waals surface area contributed by atoms with Crippen molar-refractivity contribution >= 4 is 32.2 Å². The molecule has 1 aliphatic heterocycles. The van der Waals surface area contributed by atoms with Crippen LogP contribution in [0.15, 0.2) is 21.9 Å². The van der Waals surface area contributed by atoms with Crippen LogP contribution in [-0.4, -0.2) is 37.9 Å². The van der Waals surface area contributed by atoms with Crippen molar-refractivity contribution in [2.45, 2.75) is 9.79 Å². The van der Waals surface area contributed by atoms with E-state index in [-0.39, 0.29) is 0 Å². The van der Waals surface area contributed by atoms with Crippen molar-refractivity contribution in [3.05, 3.63) is 23.3 Å². The SMILES string of the molecule is O=C1OC(=O)c2cc1c(S(=O)(=O)O)cc2S(=O)(=O)O. The minimum absolute atomic E-state index is 0.313. The quantitative estimate of drug-likeness (QED) is 0.418. The molecule has 0 saturated heterocycles. The van der Waals surface area contributed by atoms with Crippen LogP contribution in [0.2, 0.25) is 0 Å². The van der Waals surface area contributed by atoms with E-state index in [4.69, 9.17) is 9.11 Å². The Morgan fingerprint density at radius 1 is 0.789 bits per heavy atom. The van der Waals surface area contributed by atoms with Gasteiger partial charge in [0.2, 0.25) is 0 Å². The van der Waals surface area contributed by atoms with Gasteiger partial charge in [-0.3, -0.25) is 9.11 Å². The van der Waals surface area contributed by atoms with E-state index in [0.717, 1.165) is 0 Å². The molecule has 1 aromatic carbocycles. The number of benzene rings is 1. The fourth-order valence-electron chi connectivity index (χ4n) is 1.50. The molecule has 9 nitrogen and oxygen atoms in total. The Balaban J connectivity index is 2.97. The minimum Gasteiger partial charge on any atom is -0.386 e. The number of ether oxygens (including phenoxy) is 1. The van der Waals surface area contributed by atoms with Crippen molar-refractivity contribution in [3.63, 3.8) is 0 Å². The third kappa shape index (κ3) is 2.23. The maximum Gasteiger partial charge on any atom is 0.347 e. The van der Waals surface area contributed by atoms with Crippen LogP contribution in [-0.2, 0) is 25.0 Å². The molecule has 2 bridgehead atoms. The molecule has 1 aromatic rings. The topological polar surface area (TPSA) is 152 Å². The van der Waals surface area contributed by atoms with E-state index < -0.39 is 53.1 Å². The lowest BCUT2D eigenvalue weighted by Crippen LogP contribution is -2.24. The summed E-state index contributed by atoms with van der Waals surface area (Å²) < 4.78 is 66.1. The van der Waals surface area contributed by atoms with E-state index in [1.165, 1.54) is 0 Å². The monoisotopic (exact) mass is 308 g/mol. The third-order valence-electron chi connectivity index (χ3n) is 2.26. The number of fused-ring (bicyclic) bond motifs is 2. The van der Waals surface area contributed by atoms with Gasteiger partial charge in [0.25, 0.3) is 20.2 Å². The Morgan fingerprint density at radius 3 is 1.47 bits per heavy atom. The fourth-order valence-corrected chi connectivity index (χ4v) is 2.95. The molecule has 1 heterocycles. The molecule has 0 aliphatic carbocycles. The second-order valence-corrected chi connectivity index (χ2v) is 6.25. The molecular weight excluding hydrogens is 304 g/mol. The van der Waals surface area contributed by atoms with E-state index in [0.29, 0.717) is 12.1 Å². The van der Waals surface area contributed by atoms with E-state index in [2.05, 4.69) is 4.74 Å². The molecule has 0 fully saturated rings. The van der Waals surface area contributed by atoms with Gasteiger partial charge >= 0.3 is 11.9 Å². The Morgan fingerprint density at radius 2 is 1.16 bits per heavy atom. The summed E-state index contributed by atoms with van der Waals surface area (Å²) in [5, 5.41) is 0. The lowest BCUT2D eigenvalue weighted by atomic mass is 10.1. The molecule has 11 heteroatoms. The first kappa shape index (κ1) is 13.6. The maximum absolute atomic E-state index is 11.3. The summed E-state index contributed by atoms with van der Waals surface area (Å²) in [4.78, 5) is 20.4.